The zero-order valence-electron chi connectivity index (χ0n) is 9.83. The maximum absolute atomic E-state index is 13.9. The van der Waals surface area contributed by atoms with Gasteiger partial charge in [-0.2, -0.15) is 5.10 Å². The second-order valence-corrected chi connectivity index (χ2v) is 4.32. The molecular weight excluding hydrogens is 237 g/mol. The van der Waals surface area contributed by atoms with Gasteiger partial charge in [0.25, 0.3) is 0 Å². The molecular formula is C12H14FN3S. The lowest BCUT2D eigenvalue weighted by Crippen LogP contribution is -2.05. The van der Waals surface area contributed by atoms with Crippen LogP contribution in [-0.4, -0.2) is 14.8 Å². The predicted octanol–water partition coefficient (Wildman–Crippen LogP) is 3.33. The summed E-state index contributed by atoms with van der Waals surface area (Å²) in [5, 5.41) is 6.87. The van der Waals surface area contributed by atoms with E-state index < -0.39 is 0 Å². The largest absolute Gasteiger partial charge is 0.269 e. The van der Waals surface area contributed by atoms with Crippen molar-refractivity contribution < 1.29 is 4.39 Å². The van der Waals surface area contributed by atoms with Gasteiger partial charge < -0.3 is 0 Å². The van der Waals surface area contributed by atoms with Crippen LogP contribution in [0.25, 0.3) is 5.69 Å². The van der Waals surface area contributed by atoms with Crippen molar-refractivity contribution in [3.63, 3.8) is 0 Å². The molecule has 0 saturated carbocycles. The smallest absolute Gasteiger partial charge is 0.199 e. The number of nitrogens with zero attached hydrogens (tertiary/aromatic N) is 2. The molecule has 0 spiro atoms. The van der Waals surface area contributed by atoms with Crippen LogP contribution in [-0.2, 0) is 6.42 Å². The summed E-state index contributed by atoms with van der Waals surface area (Å²) in [6, 6.07) is 4.99. The molecule has 1 aromatic carbocycles. The van der Waals surface area contributed by atoms with Crippen LogP contribution in [0.2, 0.25) is 0 Å². The topological polar surface area (TPSA) is 33.6 Å². The number of H-pyrrole nitrogens is 1. The molecule has 0 atom stereocenters. The number of benzene rings is 1. The summed E-state index contributed by atoms with van der Waals surface area (Å²) in [6.45, 7) is 3.92. The minimum atomic E-state index is -0.278. The van der Waals surface area contributed by atoms with E-state index in [0.29, 0.717) is 10.5 Å². The number of para-hydroxylation sites is 1. The van der Waals surface area contributed by atoms with E-state index in [0.717, 1.165) is 24.2 Å². The molecule has 90 valence electrons. The minimum absolute atomic E-state index is 0.278. The van der Waals surface area contributed by atoms with Crippen molar-refractivity contribution in [3.8, 4) is 5.69 Å². The van der Waals surface area contributed by atoms with Crippen molar-refractivity contribution in [2.75, 3.05) is 0 Å². The lowest BCUT2D eigenvalue weighted by Gasteiger charge is -2.10. The van der Waals surface area contributed by atoms with Gasteiger partial charge in [-0.3, -0.25) is 9.67 Å². The number of nitrogens with one attached hydrogen (secondary N) is 1. The van der Waals surface area contributed by atoms with Gasteiger partial charge >= 0.3 is 0 Å². The third kappa shape index (κ3) is 2.15. The molecule has 0 radical (unpaired) electrons. The number of aryl methyl sites for hydroxylation is 2. The highest BCUT2D eigenvalue weighted by molar-refractivity contribution is 7.71. The second-order valence-electron chi connectivity index (χ2n) is 3.94. The Morgan fingerprint density at radius 2 is 2.24 bits per heavy atom. The van der Waals surface area contributed by atoms with Crippen LogP contribution in [0.1, 0.15) is 24.7 Å². The van der Waals surface area contributed by atoms with Gasteiger partial charge in [-0.1, -0.05) is 19.1 Å². The fraction of sp³-hybridized carbons (Fsp3) is 0.333. The molecule has 0 saturated heterocycles. The Labute approximate surface area is 104 Å². The maximum atomic E-state index is 13.9. The lowest BCUT2D eigenvalue weighted by molar-refractivity contribution is 0.611. The fourth-order valence-corrected chi connectivity index (χ4v) is 2.10. The van der Waals surface area contributed by atoms with Crippen molar-refractivity contribution >= 4 is 12.2 Å². The first-order chi connectivity index (χ1) is 8.15. The molecule has 1 heterocycles. The molecule has 0 aliphatic rings. The Hall–Kier alpha value is -1.49. The van der Waals surface area contributed by atoms with E-state index in [1.54, 1.807) is 10.6 Å². The number of aromatic nitrogens is 3. The SMILES string of the molecule is CCCc1n[nH]c(=S)n1-c1c(C)cccc1F. The van der Waals surface area contributed by atoms with Gasteiger partial charge in [-0.15, -0.1) is 0 Å². The molecule has 2 rings (SSSR count). The Morgan fingerprint density at radius 1 is 1.47 bits per heavy atom. The predicted molar refractivity (Wildman–Crippen MR) is 67.4 cm³/mol. The molecule has 0 aliphatic heterocycles. The summed E-state index contributed by atoms with van der Waals surface area (Å²) in [6.07, 6.45) is 1.70. The first kappa shape index (κ1) is 12.0. The Bertz CT molecular complexity index is 565. The van der Waals surface area contributed by atoms with E-state index in [4.69, 9.17) is 12.2 Å². The fourth-order valence-electron chi connectivity index (χ4n) is 1.86. The van der Waals surface area contributed by atoms with Crippen molar-refractivity contribution in [3.05, 3.63) is 40.2 Å². The first-order valence-electron chi connectivity index (χ1n) is 5.57. The number of rotatable bonds is 3. The molecule has 0 amide bonds. The highest BCUT2D eigenvalue weighted by atomic mass is 32.1. The molecule has 5 heteroatoms. The van der Waals surface area contributed by atoms with Crippen molar-refractivity contribution in [2.24, 2.45) is 0 Å². The van der Waals surface area contributed by atoms with Gasteiger partial charge in [0.15, 0.2) is 4.77 Å². The standard InChI is InChI=1S/C12H14FN3S/c1-3-5-10-14-15-12(17)16(10)11-8(2)6-4-7-9(11)13/h4,6-7H,3,5H2,1-2H3,(H,15,17). The second kappa shape index (κ2) is 4.79. The van der Waals surface area contributed by atoms with Crippen LogP contribution in [0, 0.1) is 17.5 Å². The highest BCUT2D eigenvalue weighted by Crippen LogP contribution is 2.20. The minimum Gasteiger partial charge on any atom is -0.269 e. The Balaban J connectivity index is 2.68. The number of hydrogen-bond donors (Lipinski definition) is 1. The average molecular weight is 251 g/mol. The van der Waals surface area contributed by atoms with Crippen LogP contribution in [0.15, 0.2) is 18.2 Å². The van der Waals surface area contributed by atoms with Crippen LogP contribution in [0.4, 0.5) is 4.39 Å². The van der Waals surface area contributed by atoms with Crippen molar-refractivity contribution in [2.45, 2.75) is 26.7 Å². The molecule has 0 aliphatic carbocycles. The normalized spacial score (nSPS) is 10.8. The van der Waals surface area contributed by atoms with Crippen molar-refractivity contribution in [1.29, 1.82) is 0 Å². The van der Waals surface area contributed by atoms with E-state index in [1.807, 2.05) is 13.0 Å². The first-order valence-corrected chi connectivity index (χ1v) is 5.97. The average Bonchev–Trinajstić information content (AvgIpc) is 2.62. The summed E-state index contributed by atoms with van der Waals surface area (Å²) >= 11 is 5.17. The molecule has 3 nitrogen and oxygen atoms in total. The van der Waals surface area contributed by atoms with E-state index in [-0.39, 0.29) is 5.82 Å². The summed E-state index contributed by atoms with van der Waals surface area (Å²) in [5.74, 6) is 0.491. The Kier molecular flexibility index (Phi) is 3.38. The van der Waals surface area contributed by atoms with Gasteiger partial charge in [0, 0.05) is 6.42 Å². The zero-order chi connectivity index (χ0) is 12.4. The molecule has 0 bridgehead atoms. The van der Waals surface area contributed by atoms with E-state index in [9.17, 15) is 4.39 Å². The van der Waals surface area contributed by atoms with Crippen molar-refractivity contribution in [1.82, 2.24) is 14.8 Å². The third-order valence-corrected chi connectivity index (χ3v) is 2.90. The van der Waals surface area contributed by atoms with Crippen LogP contribution >= 0.6 is 12.2 Å². The van der Waals surface area contributed by atoms with Gasteiger partial charge in [0.2, 0.25) is 0 Å². The van der Waals surface area contributed by atoms with E-state index in [1.165, 1.54) is 6.07 Å². The van der Waals surface area contributed by atoms with Gasteiger partial charge in [-0.25, -0.2) is 4.39 Å². The number of hydrogen-bond acceptors (Lipinski definition) is 2. The molecule has 1 N–H and O–H groups in total. The highest BCUT2D eigenvalue weighted by Gasteiger charge is 2.13. The van der Waals surface area contributed by atoms with Gasteiger partial charge in [0.1, 0.15) is 11.6 Å². The molecule has 2 aromatic rings. The lowest BCUT2D eigenvalue weighted by atomic mass is 10.2. The Morgan fingerprint density at radius 3 is 2.88 bits per heavy atom. The summed E-state index contributed by atoms with van der Waals surface area (Å²) in [5.41, 5.74) is 1.34. The number of aromatic amines is 1. The molecule has 17 heavy (non-hydrogen) atoms. The summed E-state index contributed by atoms with van der Waals surface area (Å²) in [4.78, 5) is 0. The third-order valence-electron chi connectivity index (χ3n) is 2.63. The van der Waals surface area contributed by atoms with Gasteiger partial charge in [0.05, 0.1) is 5.69 Å². The number of halogens is 1. The molecule has 1 aromatic heterocycles. The molecule has 0 unspecified atom stereocenters. The molecule has 0 fully saturated rings. The maximum Gasteiger partial charge on any atom is 0.199 e. The quantitative estimate of drug-likeness (QED) is 0.849. The zero-order valence-corrected chi connectivity index (χ0v) is 10.6. The summed E-state index contributed by atoms with van der Waals surface area (Å²) in [7, 11) is 0. The van der Waals surface area contributed by atoms with E-state index in [2.05, 4.69) is 17.1 Å². The summed E-state index contributed by atoms with van der Waals surface area (Å²) < 4.78 is 16.0. The van der Waals surface area contributed by atoms with Gasteiger partial charge in [-0.05, 0) is 37.2 Å². The van der Waals surface area contributed by atoms with Crippen LogP contribution < -0.4 is 0 Å². The van der Waals surface area contributed by atoms with E-state index >= 15 is 0 Å². The van der Waals surface area contributed by atoms with Crippen LogP contribution in [0.5, 0.6) is 0 Å². The monoisotopic (exact) mass is 251 g/mol. The van der Waals surface area contributed by atoms with Crippen LogP contribution in [0.3, 0.4) is 0 Å².